The quantitative estimate of drug-likeness (QED) is 0.649. The first-order chi connectivity index (χ1) is 10.2. The van der Waals surface area contributed by atoms with Crippen LogP contribution >= 0.6 is 0 Å². The Kier molecular flexibility index (Phi) is 6.97. The zero-order valence-corrected chi connectivity index (χ0v) is 14.2. The predicted molar refractivity (Wildman–Crippen MR) is 89.6 cm³/mol. The fourth-order valence-corrected chi connectivity index (χ4v) is 3.88. The molecule has 0 spiro atoms. The second kappa shape index (κ2) is 8.50. The van der Waals surface area contributed by atoms with E-state index in [1.54, 1.807) is 0 Å². The van der Waals surface area contributed by atoms with Crippen LogP contribution in [0.3, 0.4) is 0 Å². The van der Waals surface area contributed by atoms with Crippen LogP contribution in [-0.2, 0) is 0 Å². The number of aliphatic hydroxyl groups excluding tert-OH is 1. The molecule has 124 valence electrons. The summed E-state index contributed by atoms with van der Waals surface area (Å²) in [6, 6.07) is 1.50. The highest BCUT2D eigenvalue weighted by Gasteiger charge is 2.34. The van der Waals surface area contributed by atoms with Crippen molar-refractivity contribution in [3.63, 3.8) is 0 Å². The summed E-state index contributed by atoms with van der Waals surface area (Å²) in [4.78, 5) is 2.72. The number of rotatable bonds is 10. The van der Waals surface area contributed by atoms with E-state index in [4.69, 9.17) is 0 Å². The second-order valence-corrected chi connectivity index (χ2v) is 7.29. The highest BCUT2D eigenvalue weighted by Crippen LogP contribution is 2.28. The lowest BCUT2D eigenvalue weighted by atomic mass is 9.90. The van der Waals surface area contributed by atoms with Crippen LogP contribution < -0.4 is 5.32 Å². The molecule has 1 saturated carbocycles. The molecule has 3 nitrogen and oxygen atoms in total. The van der Waals surface area contributed by atoms with Gasteiger partial charge in [-0.1, -0.05) is 26.7 Å². The van der Waals surface area contributed by atoms with Gasteiger partial charge in [-0.2, -0.15) is 0 Å². The molecule has 2 aliphatic rings. The fourth-order valence-electron chi connectivity index (χ4n) is 3.88. The summed E-state index contributed by atoms with van der Waals surface area (Å²) in [6.45, 7) is 7.32. The van der Waals surface area contributed by atoms with Crippen LogP contribution in [0.25, 0.3) is 0 Å². The van der Waals surface area contributed by atoms with Crippen molar-refractivity contribution in [1.29, 1.82) is 0 Å². The van der Waals surface area contributed by atoms with Gasteiger partial charge in [0.25, 0.3) is 0 Å². The third kappa shape index (κ3) is 5.22. The van der Waals surface area contributed by atoms with Gasteiger partial charge >= 0.3 is 0 Å². The van der Waals surface area contributed by atoms with Gasteiger partial charge in [0.15, 0.2) is 0 Å². The first kappa shape index (κ1) is 17.2. The molecular weight excluding hydrogens is 260 g/mol. The molecule has 21 heavy (non-hydrogen) atoms. The van der Waals surface area contributed by atoms with E-state index in [1.165, 1.54) is 64.5 Å². The zero-order chi connectivity index (χ0) is 15.1. The van der Waals surface area contributed by atoms with Gasteiger partial charge in [0.05, 0.1) is 6.61 Å². The van der Waals surface area contributed by atoms with Gasteiger partial charge in [-0.05, 0) is 64.5 Å². The van der Waals surface area contributed by atoms with Crippen molar-refractivity contribution in [3.8, 4) is 0 Å². The molecule has 2 unspecified atom stereocenters. The lowest BCUT2D eigenvalue weighted by molar-refractivity contribution is 0.113. The zero-order valence-electron chi connectivity index (χ0n) is 14.2. The number of nitrogens with one attached hydrogen (secondary N) is 1. The van der Waals surface area contributed by atoms with Crippen LogP contribution in [-0.4, -0.2) is 47.3 Å². The standard InChI is InChI=1S/C18H36N2O/c1-3-8-17-9-5-6-13-20(17)14-7-12-18(4-2,15-21)19-16-10-11-16/h16-17,19,21H,3-15H2,1-2H3. The Morgan fingerprint density at radius 3 is 2.62 bits per heavy atom. The molecule has 1 saturated heterocycles. The summed E-state index contributed by atoms with van der Waals surface area (Å²) in [7, 11) is 0. The molecule has 2 atom stereocenters. The smallest absolute Gasteiger partial charge is 0.0613 e. The number of piperidine rings is 1. The lowest BCUT2D eigenvalue weighted by Gasteiger charge is -2.37. The molecule has 0 radical (unpaired) electrons. The van der Waals surface area contributed by atoms with Gasteiger partial charge in [-0.25, -0.2) is 0 Å². The average Bonchev–Trinajstić information content (AvgIpc) is 3.32. The summed E-state index contributed by atoms with van der Waals surface area (Å²) in [6.07, 6.45) is 12.8. The van der Waals surface area contributed by atoms with Crippen molar-refractivity contribution in [2.75, 3.05) is 19.7 Å². The van der Waals surface area contributed by atoms with E-state index in [2.05, 4.69) is 24.1 Å². The molecule has 0 aromatic rings. The van der Waals surface area contributed by atoms with Crippen LogP contribution in [0.1, 0.15) is 78.1 Å². The third-order valence-electron chi connectivity index (χ3n) is 5.54. The van der Waals surface area contributed by atoms with Gasteiger partial charge in [0.1, 0.15) is 0 Å². The van der Waals surface area contributed by atoms with Crippen LogP contribution in [0.2, 0.25) is 0 Å². The fraction of sp³-hybridized carbons (Fsp3) is 1.00. The number of nitrogens with zero attached hydrogens (tertiary/aromatic N) is 1. The van der Waals surface area contributed by atoms with Gasteiger partial charge in [0.2, 0.25) is 0 Å². The molecule has 1 aliphatic heterocycles. The normalized spacial score (nSPS) is 26.7. The minimum Gasteiger partial charge on any atom is -0.394 e. The van der Waals surface area contributed by atoms with Crippen molar-refractivity contribution in [2.45, 2.75) is 95.7 Å². The van der Waals surface area contributed by atoms with Crippen LogP contribution in [0.5, 0.6) is 0 Å². The van der Waals surface area contributed by atoms with Gasteiger partial charge in [-0.3, -0.25) is 0 Å². The van der Waals surface area contributed by atoms with Crippen LogP contribution in [0.4, 0.5) is 0 Å². The number of likely N-dealkylation sites (tertiary alicyclic amines) is 1. The van der Waals surface area contributed by atoms with Crippen LogP contribution in [0, 0.1) is 0 Å². The van der Waals surface area contributed by atoms with Crippen molar-refractivity contribution in [2.24, 2.45) is 0 Å². The number of hydrogen-bond donors (Lipinski definition) is 2. The molecule has 0 aromatic heterocycles. The Morgan fingerprint density at radius 2 is 2.00 bits per heavy atom. The molecular formula is C18H36N2O. The van der Waals surface area contributed by atoms with Crippen molar-refractivity contribution in [1.82, 2.24) is 10.2 Å². The molecule has 2 N–H and O–H groups in total. The monoisotopic (exact) mass is 296 g/mol. The highest BCUT2D eigenvalue weighted by molar-refractivity contribution is 4.94. The minimum atomic E-state index is -0.0167. The molecule has 1 heterocycles. The maximum atomic E-state index is 9.85. The predicted octanol–water partition coefficient (Wildman–Crippen LogP) is 3.31. The lowest BCUT2D eigenvalue weighted by Crippen LogP contribution is -2.50. The topological polar surface area (TPSA) is 35.5 Å². The third-order valence-corrected chi connectivity index (χ3v) is 5.54. The van der Waals surface area contributed by atoms with Gasteiger partial charge < -0.3 is 15.3 Å². The van der Waals surface area contributed by atoms with Gasteiger partial charge in [0, 0.05) is 17.6 Å². The Balaban J connectivity index is 1.77. The number of aliphatic hydroxyl groups is 1. The maximum Gasteiger partial charge on any atom is 0.0613 e. The summed E-state index contributed by atoms with van der Waals surface area (Å²) < 4.78 is 0. The summed E-state index contributed by atoms with van der Waals surface area (Å²) in [5.41, 5.74) is -0.0167. The molecule has 3 heteroatoms. The first-order valence-electron chi connectivity index (χ1n) is 9.35. The summed E-state index contributed by atoms with van der Waals surface area (Å²) >= 11 is 0. The van der Waals surface area contributed by atoms with E-state index in [9.17, 15) is 5.11 Å². The van der Waals surface area contributed by atoms with E-state index in [0.29, 0.717) is 12.6 Å². The maximum absolute atomic E-state index is 9.85. The van der Waals surface area contributed by atoms with Crippen LogP contribution in [0.15, 0.2) is 0 Å². The van der Waals surface area contributed by atoms with E-state index in [0.717, 1.165) is 18.9 Å². The summed E-state index contributed by atoms with van der Waals surface area (Å²) in [5.74, 6) is 0. The molecule has 0 bridgehead atoms. The molecule has 1 aliphatic carbocycles. The van der Waals surface area contributed by atoms with Crippen molar-refractivity contribution < 1.29 is 5.11 Å². The molecule has 0 aromatic carbocycles. The largest absolute Gasteiger partial charge is 0.394 e. The average molecular weight is 296 g/mol. The van der Waals surface area contributed by atoms with E-state index in [1.807, 2.05) is 0 Å². The van der Waals surface area contributed by atoms with E-state index >= 15 is 0 Å². The Labute approximate surface area is 131 Å². The van der Waals surface area contributed by atoms with Crippen molar-refractivity contribution in [3.05, 3.63) is 0 Å². The SMILES string of the molecule is CCCC1CCCCN1CCCC(CC)(CO)NC1CC1. The summed E-state index contributed by atoms with van der Waals surface area (Å²) in [5, 5.41) is 13.6. The first-order valence-corrected chi connectivity index (χ1v) is 9.35. The highest BCUT2D eigenvalue weighted by atomic mass is 16.3. The Morgan fingerprint density at radius 1 is 1.19 bits per heavy atom. The minimum absolute atomic E-state index is 0.0167. The number of hydrogen-bond acceptors (Lipinski definition) is 3. The molecule has 2 fully saturated rings. The molecule has 0 amide bonds. The van der Waals surface area contributed by atoms with Crippen molar-refractivity contribution >= 4 is 0 Å². The second-order valence-electron chi connectivity index (χ2n) is 7.29. The van der Waals surface area contributed by atoms with E-state index < -0.39 is 0 Å². The van der Waals surface area contributed by atoms with E-state index in [-0.39, 0.29) is 5.54 Å². The molecule has 2 rings (SSSR count). The van der Waals surface area contributed by atoms with Gasteiger partial charge in [-0.15, -0.1) is 0 Å². The Hall–Kier alpha value is -0.120. The Bertz CT molecular complexity index is 285.